The Morgan fingerprint density at radius 3 is 2.57 bits per heavy atom. The van der Waals surface area contributed by atoms with Gasteiger partial charge in [-0.25, -0.2) is 0 Å². The topological polar surface area (TPSA) is 49.4 Å². The van der Waals surface area contributed by atoms with E-state index < -0.39 is 6.04 Å². The Morgan fingerprint density at radius 2 is 1.91 bits per heavy atom. The molecule has 1 aromatic carbocycles. The molecule has 0 spiro atoms. The molecule has 2 amide bonds. The summed E-state index contributed by atoms with van der Waals surface area (Å²) < 4.78 is 0. The highest BCUT2D eigenvalue weighted by Gasteiger charge is 2.30. The van der Waals surface area contributed by atoms with Crippen LogP contribution < -0.4 is 5.32 Å². The number of amides is 2. The van der Waals surface area contributed by atoms with Crippen molar-refractivity contribution >= 4 is 11.8 Å². The third-order valence-corrected chi connectivity index (χ3v) is 4.45. The number of rotatable bonds is 6. The van der Waals surface area contributed by atoms with Crippen LogP contribution in [0.15, 0.2) is 24.3 Å². The zero-order chi connectivity index (χ0) is 16.8. The van der Waals surface area contributed by atoms with Crippen molar-refractivity contribution in [3.05, 3.63) is 35.4 Å². The number of fused-ring (bicyclic) bond motifs is 1. The van der Waals surface area contributed by atoms with Gasteiger partial charge in [-0.2, -0.15) is 0 Å². The van der Waals surface area contributed by atoms with E-state index in [2.05, 4.69) is 24.4 Å². The second kappa shape index (κ2) is 8.14. The van der Waals surface area contributed by atoms with Crippen molar-refractivity contribution in [3.8, 4) is 0 Å². The highest BCUT2D eigenvalue weighted by molar-refractivity contribution is 5.88. The molecule has 0 radical (unpaired) electrons. The Bertz CT molecular complexity index is 554. The predicted molar refractivity (Wildman–Crippen MR) is 91.9 cm³/mol. The van der Waals surface area contributed by atoms with E-state index >= 15 is 0 Å². The third-order valence-electron chi connectivity index (χ3n) is 4.45. The Kier molecular flexibility index (Phi) is 6.20. The van der Waals surface area contributed by atoms with Gasteiger partial charge in [-0.3, -0.25) is 9.59 Å². The van der Waals surface area contributed by atoms with Crippen LogP contribution in [-0.4, -0.2) is 29.3 Å². The Morgan fingerprint density at radius 1 is 1.22 bits per heavy atom. The van der Waals surface area contributed by atoms with E-state index in [0.717, 1.165) is 25.8 Å². The number of nitrogens with one attached hydrogen (secondary N) is 1. The molecule has 1 aliphatic heterocycles. The van der Waals surface area contributed by atoms with E-state index in [1.165, 1.54) is 11.1 Å². The van der Waals surface area contributed by atoms with Gasteiger partial charge in [0.25, 0.3) is 0 Å². The summed E-state index contributed by atoms with van der Waals surface area (Å²) in [5.41, 5.74) is 2.54. The monoisotopic (exact) mass is 316 g/mol. The van der Waals surface area contributed by atoms with E-state index in [1.54, 1.807) is 0 Å². The van der Waals surface area contributed by atoms with Crippen molar-refractivity contribution in [2.24, 2.45) is 5.92 Å². The third kappa shape index (κ3) is 4.57. The van der Waals surface area contributed by atoms with Gasteiger partial charge >= 0.3 is 0 Å². The van der Waals surface area contributed by atoms with Crippen LogP contribution in [0.1, 0.15) is 51.2 Å². The van der Waals surface area contributed by atoms with E-state index in [0.29, 0.717) is 13.0 Å². The first-order chi connectivity index (χ1) is 11.0. The summed E-state index contributed by atoms with van der Waals surface area (Å²) >= 11 is 0. The van der Waals surface area contributed by atoms with Crippen molar-refractivity contribution in [2.45, 2.75) is 59.0 Å². The second-order valence-electron chi connectivity index (χ2n) is 6.67. The molecular formula is C19H28N2O2. The van der Waals surface area contributed by atoms with Gasteiger partial charge in [0.05, 0.1) is 0 Å². The molecule has 4 nitrogen and oxygen atoms in total. The quantitative estimate of drug-likeness (QED) is 0.877. The van der Waals surface area contributed by atoms with Crippen molar-refractivity contribution < 1.29 is 9.59 Å². The first kappa shape index (κ1) is 17.5. The van der Waals surface area contributed by atoms with Gasteiger partial charge in [-0.1, -0.05) is 51.5 Å². The molecule has 1 atom stereocenters. The van der Waals surface area contributed by atoms with Crippen LogP contribution in [0.25, 0.3) is 0 Å². The fourth-order valence-corrected chi connectivity index (χ4v) is 2.98. The zero-order valence-corrected chi connectivity index (χ0v) is 14.5. The van der Waals surface area contributed by atoms with Gasteiger partial charge in [-0.15, -0.1) is 0 Å². The van der Waals surface area contributed by atoms with Crippen molar-refractivity contribution in [2.75, 3.05) is 6.54 Å². The SMILES string of the molecule is CCCCC(=O)N[C@@H](C(=O)N1CCc2ccccc2C1)C(C)C. The van der Waals surface area contributed by atoms with Gasteiger partial charge in [0.2, 0.25) is 11.8 Å². The Labute approximate surface area is 139 Å². The predicted octanol–water partition coefficient (Wildman–Crippen LogP) is 2.90. The maximum absolute atomic E-state index is 12.9. The van der Waals surface area contributed by atoms with Gasteiger partial charge in [0.15, 0.2) is 0 Å². The molecule has 4 heteroatoms. The molecule has 0 unspecified atom stereocenters. The first-order valence-electron chi connectivity index (χ1n) is 8.67. The first-order valence-corrected chi connectivity index (χ1v) is 8.67. The summed E-state index contributed by atoms with van der Waals surface area (Å²) in [4.78, 5) is 26.8. The van der Waals surface area contributed by atoms with Crippen LogP contribution in [0.3, 0.4) is 0 Å². The standard InChI is InChI=1S/C19H28N2O2/c1-4-5-10-17(22)20-18(14(2)3)19(23)21-12-11-15-8-6-7-9-16(15)13-21/h6-9,14,18H,4-5,10-13H2,1-3H3,(H,20,22)/t18-/m1/s1. The van der Waals surface area contributed by atoms with Crippen LogP contribution in [-0.2, 0) is 22.6 Å². The largest absolute Gasteiger partial charge is 0.344 e. The maximum Gasteiger partial charge on any atom is 0.245 e. The lowest BCUT2D eigenvalue weighted by Crippen LogP contribution is -2.52. The summed E-state index contributed by atoms with van der Waals surface area (Å²) in [7, 11) is 0. The van der Waals surface area contributed by atoms with Crippen LogP contribution in [0.5, 0.6) is 0 Å². The molecular weight excluding hydrogens is 288 g/mol. The second-order valence-corrected chi connectivity index (χ2v) is 6.67. The lowest BCUT2D eigenvalue weighted by Gasteiger charge is -2.33. The summed E-state index contributed by atoms with van der Waals surface area (Å²) in [6, 6.07) is 7.84. The number of hydrogen-bond donors (Lipinski definition) is 1. The molecule has 0 fully saturated rings. The van der Waals surface area contributed by atoms with Gasteiger partial charge in [0, 0.05) is 19.5 Å². The molecule has 1 aromatic rings. The van der Waals surface area contributed by atoms with E-state index in [4.69, 9.17) is 0 Å². The molecule has 0 aliphatic carbocycles. The van der Waals surface area contributed by atoms with Crippen LogP contribution >= 0.6 is 0 Å². The smallest absolute Gasteiger partial charge is 0.245 e. The summed E-state index contributed by atoms with van der Waals surface area (Å²) in [5, 5.41) is 2.94. The minimum atomic E-state index is -0.426. The van der Waals surface area contributed by atoms with E-state index in [-0.39, 0.29) is 17.7 Å². The number of hydrogen-bond acceptors (Lipinski definition) is 2. The summed E-state index contributed by atoms with van der Waals surface area (Å²) in [6.45, 7) is 7.40. The van der Waals surface area contributed by atoms with Gasteiger partial charge in [0.1, 0.15) is 6.04 Å². The highest BCUT2D eigenvalue weighted by atomic mass is 16.2. The molecule has 0 saturated heterocycles. The molecule has 0 aromatic heterocycles. The molecule has 126 valence electrons. The average molecular weight is 316 g/mol. The van der Waals surface area contributed by atoms with Gasteiger partial charge < -0.3 is 10.2 Å². The Balaban J connectivity index is 2.02. The van der Waals surface area contributed by atoms with Crippen molar-refractivity contribution in [3.63, 3.8) is 0 Å². The molecule has 1 N–H and O–H groups in total. The summed E-state index contributed by atoms with van der Waals surface area (Å²) in [5.74, 6) is 0.112. The van der Waals surface area contributed by atoms with Gasteiger partial charge in [-0.05, 0) is 29.9 Å². The van der Waals surface area contributed by atoms with Crippen LogP contribution in [0.2, 0.25) is 0 Å². The highest BCUT2D eigenvalue weighted by Crippen LogP contribution is 2.20. The molecule has 0 saturated carbocycles. The molecule has 1 heterocycles. The molecule has 2 rings (SSSR count). The lowest BCUT2D eigenvalue weighted by atomic mass is 9.97. The van der Waals surface area contributed by atoms with Crippen LogP contribution in [0, 0.1) is 5.92 Å². The van der Waals surface area contributed by atoms with Crippen molar-refractivity contribution in [1.29, 1.82) is 0 Å². The Hall–Kier alpha value is -1.84. The normalized spacial score (nSPS) is 15.2. The number of benzene rings is 1. The van der Waals surface area contributed by atoms with Crippen molar-refractivity contribution in [1.82, 2.24) is 10.2 Å². The minimum absolute atomic E-state index is 0.0173. The molecule has 1 aliphatic rings. The average Bonchev–Trinajstić information content (AvgIpc) is 2.56. The van der Waals surface area contributed by atoms with E-state index in [9.17, 15) is 9.59 Å². The molecule has 23 heavy (non-hydrogen) atoms. The number of carbonyl (C=O) groups is 2. The van der Waals surface area contributed by atoms with Crippen LogP contribution in [0.4, 0.5) is 0 Å². The fraction of sp³-hybridized carbons (Fsp3) is 0.579. The van der Waals surface area contributed by atoms with E-state index in [1.807, 2.05) is 30.9 Å². The number of unbranched alkanes of at least 4 members (excludes halogenated alkanes) is 1. The summed E-state index contributed by atoms with van der Waals surface area (Å²) in [6.07, 6.45) is 3.23. The molecule has 0 bridgehead atoms. The fourth-order valence-electron chi connectivity index (χ4n) is 2.98. The lowest BCUT2D eigenvalue weighted by molar-refractivity contribution is -0.138. The number of nitrogens with zero attached hydrogens (tertiary/aromatic N) is 1. The number of carbonyl (C=O) groups excluding carboxylic acids is 2. The maximum atomic E-state index is 12.9. The zero-order valence-electron chi connectivity index (χ0n) is 14.5. The minimum Gasteiger partial charge on any atom is -0.344 e.